The number of alkyl halides is 3. The van der Waals surface area contributed by atoms with E-state index in [0.717, 1.165) is 23.5 Å². The van der Waals surface area contributed by atoms with E-state index in [4.69, 9.17) is 0 Å². The molecule has 1 aromatic carbocycles. The quantitative estimate of drug-likeness (QED) is 0.277. The number of pyridine rings is 1. The van der Waals surface area contributed by atoms with Crippen LogP contribution in [0.5, 0.6) is 0 Å². The lowest BCUT2D eigenvalue weighted by Crippen LogP contribution is -2.27. The van der Waals surface area contributed by atoms with Gasteiger partial charge in [-0.25, -0.2) is 8.78 Å². The monoisotopic (exact) mass is 522 g/mol. The van der Waals surface area contributed by atoms with Gasteiger partial charge >= 0.3 is 6.18 Å². The van der Waals surface area contributed by atoms with E-state index in [2.05, 4.69) is 10.3 Å². The Morgan fingerprint density at radius 1 is 1.11 bits per heavy atom. The first-order valence-electron chi connectivity index (χ1n) is 10.9. The number of benzene rings is 1. The molecule has 1 amide bonds. The average molecular weight is 523 g/mol. The fraction of sp³-hybridized carbons (Fsp3) is 0.280. The van der Waals surface area contributed by atoms with Crippen LogP contribution in [0.1, 0.15) is 62.8 Å². The maximum atomic E-state index is 13.9. The summed E-state index contributed by atoms with van der Waals surface area (Å²) >= 11 is 1.90. The van der Waals surface area contributed by atoms with Crippen LogP contribution in [0.15, 0.2) is 36.5 Å². The maximum absolute atomic E-state index is 13.9. The van der Waals surface area contributed by atoms with E-state index < -0.39 is 34.6 Å². The van der Waals surface area contributed by atoms with Crippen LogP contribution >= 0.6 is 22.7 Å². The summed E-state index contributed by atoms with van der Waals surface area (Å²) in [5.41, 5.74) is 2.66. The molecule has 1 atom stereocenters. The van der Waals surface area contributed by atoms with Gasteiger partial charge in [-0.05, 0) is 54.2 Å². The van der Waals surface area contributed by atoms with Crippen LogP contribution in [0.3, 0.4) is 0 Å². The van der Waals surface area contributed by atoms with Crippen molar-refractivity contribution in [1.29, 1.82) is 0 Å². The fourth-order valence-corrected chi connectivity index (χ4v) is 6.99. The first-order valence-corrected chi connectivity index (χ1v) is 12.5. The van der Waals surface area contributed by atoms with Gasteiger partial charge in [-0.2, -0.15) is 13.2 Å². The summed E-state index contributed by atoms with van der Waals surface area (Å²) in [4.78, 5) is 18.2. The van der Waals surface area contributed by atoms with E-state index in [0.29, 0.717) is 55.1 Å². The number of nitrogens with one attached hydrogen (secondary N) is 1. The van der Waals surface area contributed by atoms with Gasteiger partial charge < -0.3 is 5.32 Å². The molecule has 0 fully saturated rings. The highest BCUT2D eigenvalue weighted by molar-refractivity contribution is 7.21. The molecule has 1 aliphatic rings. The third-order valence-electron chi connectivity index (χ3n) is 6.03. The zero-order valence-corrected chi connectivity index (χ0v) is 20.2. The molecule has 0 aliphatic heterocycles. The second kappa shape index (κ2) is 8.67. The minimum Gasteiger partial charge on any atom is -0.344 e. The van der Waals surface area contributed by atoms with Crippen molar-refractivity contribution in [1.82, 2.24) is 10.3 Å². The molecule has 3 heterocycles. The number of fused-ring (bicyclic) bond motifs is 2. The Morgan fingerprint density at radius 2 is 1.83 bits per heavy atom. The van der Waals surface area contributed by atoms with E-state index in [1.165, 1.54) is 29.7 Å². The lowest BCUT2D eigenvalue weighted by Gasteiger charge is -2.14. The van der Waals surface area contributed by atoms with Crippen LogP contribution < -0.4 is 5.32 Å². The number of aromatic nitrogens is 1. The van der Waals surface area contributed by atoms with Gasteiger partial charge in [0, 0.05) is 28.3 Å². The predicted octanol–water partition coefficient (Wildman–Crippen LogP) is 7.86. The first kappa shape index (κ1) is 23.9. The molecule has 0 saturated carbocycles. The van der Waals surface area contributed by atoms with Gasteiger partial charge in [0.1, 0.15) is 16.5 Å². The third kappa shape index (κ3) is 4.33. The molecule has 0 saturated heterocycles. The summed E-state index contributed by atoms with van der Waals surface area (Å²) in [6, 6.07) is 5.50. The van der Waals surface area contributed by atoms with Crippen LogP contribution in [0, 0.1) is 11.6 Å². The highest BCUT2D eigenvalue weighted by Crippen LogP contribution is 2.44. The lowest BCUT2D eigenvalue weighted by molar-refractivity contribution is -0.134. The van der Waals surface area contributed by atoms with Crippen LogP contribution in [0.25, 0.3) is 21.3 Å². The predicted molar refractivity (Wildman–Crippen MR) is 127 cm³/mol. The Morgan fingerprint density at radius 3 is 2.49 bits per heavy atom. The van der Waals surface area contributed by atoms with Crippen LogP contribution in [-0.2, 0) is 12.6 Å². The third-order valence-corrected chi connectivity index (χ3v) is 8.51. The number of nitrogens with zero attached hydrogens (tertiary/aromatic N) is 1. The number of rotatable bonds is 4. The lowest BCUT2D eigenvalue weighted by atomic mass is 9.99. The molecule has 35 heavy (non-hydrogen) atoms. The average Bonchev–Trinajstić information content (AvgIpc) is 3.45. The summed E-state index contributed by atoms with van der Waals surface area (Å²) < 4.78 is 67.9. The van der Waals surface area contributed by atoms with Crippen molar-refractivity contribution < 1.29 is 26.7 Å². The van der Waals surface area contributed by atoms with E-state index in [1.807, 2.05) is 13.8 Å². The molecule has 182 valence electrons. The summed E-state index contributed by atoms with van der Waals surface area (Å²) in [7, 11) is 0. The van der Waals surface area contributed by atoms with Gasteiger partial charge in [-0.1, -0.05) is 13.8 Å². The fourth-order valence-electron chi connectivity index (χ4n) is 4.53. The van der Waals surface area contributed by atoms with E-state index in [9.17, 15) is 26.7 Å². The molecule has 0 bridgehead atoms. The Bertz CT molecular complexity index is 1430. The van der Waals surface area contributed by atoms with E-state index >= 15 is 0 Å². The van der Waals surface area contributed by atoms with Gasteiger partial charge in [0.25, 0.3) is 5.91 Å². The van der Waals surface area contributed by atoms with Crippen LogP contribution in [0.4, 0.5) is 22.0 Å². The molecule has 10 heteroatoms. The van der Waals surface area contributed by atoms with Crippen molar-refractivity contribution in [3.63, 3.8) is 0 Å². The SMILES string of the molecule is CC(C)c1c(C(=O)N[C@H]2CCc3sc(C(F)(F)F)cc32)sc2c(-c3cc(F)cc(F)c3)ccnc12. The second-order valence-corrected chi connectivity index (χ2v) is 10.9. The molecule has 1 aliphatic carbocycles. The molecule has 1 N–H and O–H groups in total. The van der Waals surface area contributed by atoms with Crippen molar-refractivity contribution in [2.75, 3.05) is 0 Å². The van der Waals surface area contributed by atoms with Crippen molar-refractivity contribution in [2.24, 2.45) is 0 Å². The van der Waals surface area contributed by atoms with Crippen molar-refractivity contribution in [3.05, 3.63) is 73.9 Å². The molecule has 0 radical (unpaired) electrons. The Balaban J connectivity index is 1.54. The molecule has 0 unspecified atom stereocenters. The molecule has 0 spiro atoms. The summed E-state index contributed by atoms with van der Waals surface area (Å²) in [5.74, 6) is -1.91. The van der Waals surface area contributed by atoms with Gasteiger partial charge in [-0.15, -0.1) is 22.7 Å². The number of hydrogen-bond acceptors (Lipinski definition) is 4. The number of halogens is 5. The highest BCUT2D eigenvalue weighted by atomic mass is 32.1. The molecular formula is C25H19F5N2OS2. The van der Waals surface area contributed by atoms with Gasteiger partial charge in [0.15, 0.2) is 0 Å². The smallest absolute Gasteiger partial charge is 0.344 e. The Kier molecular flexibility index (Phi) is 5.91. The largest absolute Gasteiger partial charge is 0.425 e. The number of thiophene rings is 2. The Hall–Kier alpha value is -2.85. The number of hydrogen-bond donors (Lipinski definition) is 1. The van der Waals surface area contributed by atoms with Gasteiger partial charge in [-0.3, -0.25) is 9.78 Å². The number of amides is 1. The first-order chi connectivity index (χ1) is 16.5. The van der Waals surface area contributed by atoms with Crippen LogP contribution in [-0.4, -0.2) is 10.9 Å². The number of carbonyl (C=O) groups excluding carboxylic acids is 1. The minimum absolute atomic E-state index is 0.0892. The summed E-state index contributed by atoms with van der Waals surface area (Å²) in [5, 5.41) is 2.91. The van der Waals surface area contributed by atoms with Crippen LogP contribution in [0.2, 0.25) is 0 Å². The molecular weight excluding hydrogens is 503 g/mol. The van der Waals surface area contributed by atoms with E-state index in [1.54, 1.807) is 6.07 Å². The normalized spacial score (nSPS) is 15.7. The number of aryl methyl sites for hydroxylation is 1. The second-order valence-electron chi connectivity index (χ2n) is 8.75. The van der Waals surface area contributed by atoms with Gasteiger partial charge in [0.05, 0.1) is 21.1 Å². The topological polar surface area (TPSA) is 42.0 Å². The van der Waals surface area contributed by atoms with E-state index in [-0.39, 0.29) is 5.92 Å². The summed E-state index contributed by atoms with van der Waals surface area (Å²) in [6.07, 6.45) is -1.88. The molecule has 5 rings (SSSR count). The molecule has 3 nitrogen and oxygen atoms in total. The zero-order valence-electron chi connectivity index (χ0n) is 18.6. The number of carbonyl (C=O) groups is 1. The van der Waals surface area contributed by atoms with Crippen molar-refractivity contribution in [2.45, 2.75) is 44.8 Å². The molecule has 3 aromatic heterocycles. The highest BCUT2D eigenvalue weighted by Gasteiger charge is 2.37. The molecule has 4 aromatic rings. The van der Waals surface area contributed by atoms with Crippen molar-refractivity contribution >= 4 is 38.8 Å². The standard InChI is InChI=1S/C25H19F5N2OS2/c1-11(2)20-21-22(15(5-6-31-21)12-7-13(26)9-14(27)8-12)35-23(20)24(33)32-17-3-4-18-16(17)10-19(34-18)25(28,29)30/h5-11,17H,3-4H2,1-2H3,(H,32,33)/t17-/m0/s1. The Labute approximate surface area is 205 Å². The zero-order chi connectivity index (χ0) is 25.1. The minimum atomic E-state index is -4.42. The van der Waals surface area contributed by atoms with Gasteiger partial charge in [0.2, 0.25) is 0 Å². The maximum Gasteiger partial charge on any atom is 0.425 e. The van der Waals surface area contributed by atoms with Crippen molar-refractivity contribution in [3.8, 4) is 11.1 Å². The summed E-state index contributed by atoms with van der Waals surface area (Å²) in [6.45, 7) is 3.83.